The Bertz CT molecular complexity index is 305. The number of allylic oxidation sites excluding steroid dienone is 4. The van der Waals surface area contributed by atoms with Gasteiger partial charge in [0, 0.05) is 24.4 Å². The maximum absolute atomic E-state index is 11.6. The lowest BCUT2D eigenvalue weighted by Gasteiger charge is -2.11. The molecule has 0 saturated heterocycles. The zero-order chi connectivity index (χ0) is 12.0. The summed E-state index contributed by atoms with van der Waals surface area (Å²) in [6.07, 6.45) is 4.56. The quantitative estimate of drug-likeness (QED) is 0.646. The number of aliphatic hydroxyl groups excluding tert-OH is 2. The summed E-state index contributed by atoms with van der Waals surface area (Å²) >= 11 is 0. The van der Waals surface area contributed by atoms with Gasteiger partial charge in [0.25, 0.3) is 0 Å². The van der Waals surface area contributed by atoms with Crippen molar-refractivity contribution < 1.29 is 19.8 Å². The van der Waals surface area contributed by atoms with E-state index >= 15 is 0 Å². The third-order valence-corrected chi connectivity index (χ3v) is 2.45. The molecule has 1 aliphatic rings. The standard InChI is InChI=1S/C12H16O4/c13-5-1-3-9-7-12(16)10(4-2-6-14)8-11(9)15/h7-8,13-14H,1-6H2. The molecule has 0 aromatic carbocycles. The molecule has 4 heteroatoms. The third-order valence-electron chi connectivity index (χ3n) is 2.45. The molecule has 0 unspecified atom stereocenters. The minimum Gasteiger partial charge on any atom is -0.396 e. The molecule has 16 heavy (non-hydrogen) atoms. The van der Waals surface area contributed by atoms with Crippen LogP contribution < -0.4 is 0 Å². The van der Waals surface area contributed by atoms with Gasteiger partial charge >= 0.3 is 0 Å². The van der Waals surface area contributed by atoms with E-state index in [1.807, 2.05) is 0 Å². The Hall–Kier alpha value is -1.26. The minimum absolute atomic E-state index is 0.0138. The molecular weight excluding hydrogens is 208 g/mol. The Kier molecular flexibility index (Phi) is 5.08. The molecular formula is C12H16O4. The van der Waals surface area contributed by atoms with E-state index in [0.29, 0.717) is 36.8 Å². The molecule has 2 N–H and O–H groups in total. The molecule has 1 aliphatic carbocycles. The third kappa shape index (κ3) is 3.40. The first-order valence-electron chi connectivity index (χ1n) is 5.40. The van der Waals surface area contributed by atoms with Crippen LogP contribution in [-0.2, 0) is 9.59 Å². The summed E-state index contributed by atoms with van der Waals surface area (Å²) in [4.78, 5) is 23.2. The number of hydrogen-bond acceptors (Lipinski definition) is 4. The number of aliphatic hydroxyl groups is 2. The molecule has 0 aromatic rings. The normalized spacial score (nSPS) is 16.1. The predicted octanol–water partition coefficient (Wildman–Crippen LogP) is 0.536. The highest BCUT2D eigenvalue weighted by molar-refractivity contribution is 6.19. The molecule has 0 radical (unpaired) electrons. The van der Waals surface area contributed by atoms with Crippen LogP contribution in [0.1, 0.15) is 25.7 Å². The summed E-state index contributed by atoms with van der Waals surface area (Å²) in [5.41, 5.74) is 0.929. The van der Waals surface area contributed by atoms with Gasteiger partial charge in [0.05, 0.1) is 0 Å². The fraction of sp³-hybridized carbons (Fsp3) is 0.500. The van der Waals surface area contributed by atoms with Crippen LogP contribution in [0.5, 0.6) is 0 Å². The molecule has 0 atom stereocenters. The topological polar surface area (TPSA) is 74.6 Å². The fourth-order valence-corrected chi connectivity index (χ4v) is 1.57. The molecule has 0 spiro atoms. The van der Waals surface area contributed by atoms with E-state index in [2.05, 4.69) is 0 Å². The number of carbonyl (C=O) groups excluding carboxylic acids is 2. The van der Waals surface area contributed by atoms with Crippen LogP contribution in [-0.4, -0.2) is 35.0 Å². The molecule has 88 valence electrons. The average Bonchev–Trinajstić information content (AvgIpc) is 2.28. The molecule has 0 heterocycles. The van der Waals surface area contributed by atoms with Crippen molar-refractivity contribution in [1.29, 1.82) is 0 Å². The first-order chi connectivity index (χ1) is 7.69. The maximum Gasteiger partial charge on any atom is 0.182 e. The number of hydrogen-bond donors (Lipinski definition) is 2. The Morgan fingerprint density at radius 3 is 1.50 bits per heavy atom. The van der Waals surface area contributed by atoms with Crippen LogP contribution in [0.25, 0.3) is 0 Å². The van der Waals surface area contributed by atoms with E-state index in [1.54, 1.807) is 0 Å². The van der Waals surface area contributed by atoms with Crippen molar-refractivity contribution in [2.45, 2.75) is 25.7 Å². The zero-order valence-corrected chi connectivity index (χ0v) is 9.11. The lowest BCUT2D eigenvalue weighted by atomic mass is 9.92. The van der Waals surface area contributed by atoms with Gasteiger partial charge in [-0.25, -0.2) is 0 Å². The van der Waals surface area contributed by atoms with Crippen LogP contribution in [0.3, 0.4) is 0 Å². The van der Waals surface area contributed by atoms with Gasteiger partial charge in [-0.3, -0.25) is 9.59 Å². The van der Waals surface area contributed by atoms with Crippen LogP contribution in [0.2, 0.25) is 0 Å². The SMILES string of the molecule is O=C1C=C(CCCO)C(=O)C=C1CCCO. The molecule has 0 bridgehead atoms. The zero-order valence-electron chi connectivity index (χ0n) is 9.11. The average molecular weight is 224 g/mol. The van der Waals surface area contributed by atoms with E-state index in [0.717, 1.165) is 0 Å². The van der Waals surface area contributed by atoms with Gasteiger partial charge in [0.2, 0.25) is 0 Å². The van der Waals surface area contributed by atoms with E-state index in [-0.39, 0.29) is 24.8 Å². The second kappa shape index (κ2) is 6.35. The predicted molar refractivity (Wildman–Crippen MR) is 58.8 cm³/mol. The van der Waals surface area contributed by atoms with Crippen molar-refractivity contribution in [3.63, 3.8) is 0 Å². The Morgan fingerprint density at radius 1 is 0.812 bits per heavy atom. The van der Waals surface area contributed by atoms with E-state index in [9.17, 15) is 9.59 Å². The molecule has 0 aliphatic heterocycles. The van der Waals surface area contributed by atoms with E-state index < -0.39 is 0 Å². The molecule has 0 aromatic heterocycles. The highest BCUT2D eigenvalue weighted by Gasteiger charge is 2.19. The van der Waals surface area contributed by atoms with Crippen molar-refractivity contribution >= 4 is 11.6 Å². The minimum atomic E-state index is -0.152. The van der Waals surface area contributed by atoms with Crippen LogP contribution in [0.4, 0.5) is 0 Å². The van der Waals surface area contributed by atoms with Gasteiger partial charge in [-0.1, -0.05) is 0 Å². The Balaban J connectivity index is 2.64. The molecule has 4 nitrogen and oxygen atoms in total. The summed E-state index contributed by atoms with van der Waals surface area (Å²) in [6.45, 7) is 0.0276. The summed E-state index contributed by atoms with van der Waals surface area (Å²) in [5.74, 6) is -0.304. The van der Waals surface area contributed by atoms with Crippen molar-refractivity contribution in [2.75, 3.05) is 13.2 Å². The van der Waals surface area contributed by atoms with Gasteiger partial charge < -0.3 is 10.2 Å². The first-order valence-corrected chi connectivity index (χ1v) is 5.40. The van der Waals surface area contributed by atoms with Gasteiger partial charge in [-0.05, 0) is 37.8 Å². The summed E-state index contributed by atoms with van der Waals surface area (Å²) in [6, 6.07) is 0. The molecule has 0 amide bonds. The van der Waals surface area contributed by atoms with Crippen LogP contribution in [0, 0.1) is 0 Å². The van der Waals surface area contributed by atoms with Crippen molar-refractivity contribution in [1.82, 2.24) is 0 Å². The van der Waals surface area contributed by atoms with Crippen LogP contribution >= 0.6 is 0 Å². The number of carbonyl (C=O) groups is 2. The Labute approximate surface area is 94.3 Å². The Morgan fingerprint density at radius 2 is 1.19 bits per heavy atom. The highest BCUT2D eigenvalue weighted by atomic mass is 16.3. The monoisotopic (exact) mass is 224 g/mol. The smallest absolute Gasteiger partial charge is 0.182 e. The van der Waals surface area contributed by atoms with Crippen molar-refractivity contribution in [3.05, 3.63) is 23.3 Å². The maximum atomic E-state index is 11.6. The van der Waals surface area contributed by atoms with Gasteiger partial charge in [-0.2, -0.15) is 0 Å². The van der Waals surface area contributed by atoms with Gasteiger partial charge in [-0.15, -0.1) is 0 Å². The highest BCUT2D eigenvalue weighted by Crippen LogP contribution is 2.18. The fourth-order valence-electron chi connectivity index (χ4n) is 1.57. The summed E-state index contributed by atoms with van der Waals surface area (Å²) in [5, 5.41) is 17.3. The lowest BCUT2D eigenvalue weighted by Crippen LogP contribution is -2.14. The van der Waals surface area contributed by atoms with Gasteiger partial charge in [0.15, 0.2) is 11.6 Å². The molecule has 0 fully saturated rings. The van der Waals surface area contributed by atoms with Gasteiger partial charge in [0.1, 0.15) is 0 Å². The van der Waals surface area contributed by atoms with Crippen molar-refractivity contribution in [3.8, 4) is 0 Å². The van der Waals surface area contributed by atoms with Crippen LogP contribution in [0.15, 0.2) is 23.3 Å². The molecule has 1 rings (SSSR count). The number of ketones is 2. The van der Waals surface area contributed by atoms with Crippen molar-refractivity contribution in [2.24, 2.45) is 0 Å². The van der Waals surface area contributed by atoms with E-state index in [1.165, 1.54) is 12.2 Å². The first kappa shape index (κ1) is 12.8. The number of rotatable bonds is 6. The lowest BCUT2D eigenvalue weighted by molar-refractivity contribution is -0.115. The largest absolute Gasteiger partial charge is 0.396 e. The second-order valence-electron chi connectivity index (χ2n) is 3.72. The summed E-state index contributed by atoms with van der Waals surface area (Å²) < 4.78 is 0. The summed E-state index contributed by atoms with van der Waals surface area (Å²) in [7, 11) is 0. The van der Waals surface area contributed by atoms with E-state index in [4.69, 9.17) is 10.2 Å². The second-order valence-corrected chi connectivity index (χ2v) is 3.72. The molecule has 0 saturated carbocycles.